The highest BCUT2D eigenvalue weighted by Gasteiger charge is 2.35. The van der Waals surface area contributed by atoms with E-state index in [1.165, 1.54) is 6.07 Å². The number of rotatable bonds is 6. The van der Waals surface area contributed by atoms with Gasteiger partial charge in [-0.2, -0.15) is 0 Å². The van der Waals surface area contributed by atoms with E-state index in [0.29, 0.717) is 35.4 Å². The lowest BCUT2D eigenvalue weighted by Crippen LogP contribution is -3.13. The number of carbonyl (C=O) groups is 1. The van der Waals surface area contributed by atoms with Crippen molar-refractivity contribution in [3.63, 3.8) is 0 Å². The number of anilines is 1. The average Bonchev–Trinajstić information content (AvgIpc) is 3.37. The van der Waals surface area contributed by atoms with Crippen LogP contribution in [0.2, 0.25) is 5.02 Å². The van der Waals surface area contributed by atoms with Gasteiger partial charge in [0, 0.05) is 29.1 Å². The minimum Gasteiger partial charge on any atom is -0.321 e. The van der Waals surface area contributed by atoms with Crippen LogP contribution in [0, 0.1) is 12.7 Å². The molecule has 2 aromatic carbocycles. The molecule has 1 aliphatic rings. The molecule has 1 unspecified atom stereocenters. The van der Waals surface area contributed by atoms with Crippen molar-refractivity contribution in [1.29, 1.82) is 0 Å². The quantitative estimate of drug-likeness (QED) is 0.827. The van der Waals surface area contributed by atoms with E-state index in [0.717, 1.165) is 23.3 Å². The van der Waals surface area contributed by atoms with Gasteiger partial charge in [-0.05, 0) is 30.7 Å². The number of hydrogen-bond donors (Lipinski definition) is 2. The highest BCUT2D eigenvalue weighted by atomic mass is 35.5. The average molecular weight is 348 g/mol. The van der Waals surface area contributed by atoms with E-state index in [4.69, 9.17) is 11.6 Å². The van der Waals surface area contributed by atoms with E-state index >= 15 is 0 Å². The summed E-state index contributed by atoms with van der Waals surface area (Å²) in [6.07, 6.45) is 2.18. The summed E-state index contributed by atoms with van der Waals surface area (Å²) in [6, 6.07) is 12.7. The van der Waals surface area contributed by atoms with Crippen LogP contribution in [0.4, 0.5) is 10.1 Å². The van der Waals surface area contributed by atoms with Crippen molar-refractivity contribution in [2.75, 3.05) is 11.9 Å². The van der Waals surface area contributed by atoms with Crippen molar-refractivity contribution in [2.45, 2.75) is 32.4 Å². The van der Waals surface area contributed by atoms with Crippen LogP contribution in [0.5, 0.6) is 0 Å². The lowest BCUT2D eigenvalue weighted by atomic mass is 10.2. The predicted octanol–water partition coefficient (Wildman–Crippen LogP) is 2.97. The highest BCUT2D eigenvalue weighted by molar-refractivity contribution is 6.31. The fourth-order valence-electron chi connectivity index (χ4n) is 2.81. The molecule has 0 spiro atoms. The fourth-order valence-corrected chi connectivity index (χ4v) is 2.99. The molecular formula is C19H21ClFN2O+. The van der Waals surface area contributed by atoms with Crippen LogP contribution in [-0.2, 0) is 11.3 Å². The molecule has 1 saturated carbocycles. The number of amides is 1. The number of halogens is 2. The van der Waals surface area contributed by atoms with Gasteiger partial charge >= 0.3 is 0 Å². The number of benzene rings is 2. The molecule has 0 aliphatic heterocycles. The number of aryl methyl sites for hydroxylation is 1. The van der Waals surface area contributed by atoms with Gasteiger partial charge in [0.25, 0.3) is 5.91 Å². The molecule has 1 aliphatic carbocycles. The third-order valence-corrected chi connectivity index (χ3v) is 4.78. The van der Waals surface area contributed by atoms with Gasteiger partial charge in [0.1, 0.15) is 12.4 Å². The maximum absolute atomic E-state index is 13.9. The molecule has 1 amide bonds. The van der Waals surface area contributed by atoms with Gasteiger partial charge < -0.3 is 10.2 Å². The summed E-state index contributed by atoms with van der Waals surface area (Å²) in [7, 11) is 0. The van der Waals surface area contributed by atoms with E-state index in [9.17, 15) is 9.18 Å². The molecule has 3 rings (SSSR count). The Morgan fingerprint density at radius 1 is 1.29 bits per heavy atom. The monoisotopic (exact) mass is 347 g/mol. The number of hydrogen-bond acceptors (Lipinski definition) is 1. The molecule has 0 heterocycles. The molecular weight excluding hydrogens is 327 g/mol. The van der Waals surface area contributed by atoms with Crippen molar-refractivity contribution in [3.8, 4) is 0 Å². The standard InChI is InChI=1S/C19H20ClFN2O/c1-13-6-7-15(10-17(13)20)22-19(24)12-23(16-8-9-16)11-14-4-2-3-5-18(14)21/h2-7,10,16H,8-9,11-12H2,1H3,(H,22,24)/p+1. The zero-order chi connectivity index (χ0) is 17.1. The van der Waals surface area contributed by atoms with E-state index in [1.54, 1.807) is 18.2 Å². The number of nitrogens with one attached hydrogen (secondary N) is 2. The molecule has 0 saturated heterocycles. The Balaban J connectivity index is 1.64. The Hall–Kier alpha value is -1.91. The summed E-state index contributed by atoms with van der Waals surface area (Å²) in [4.78, 5) is 13.5. The Kier molecular flexibility index (Phi) is 5.17. The van der Waals surface area contributed by atoms with Crippen LogP contribution in [-0.4, -0.2) is 18.5 Å². The fraction of sp³-hybridized carbons (Fsp3) is 0.316. The summed E-state index contributed by atoms with van der Waals surface area (Å²) < 4.78 is 13.9. The number of quaternary nitrogens is 1. The normalized spacial score (nSPS) is 15.1. The van der Waals surface area contributed by atoms with Crippen LogP contribution < -0.4 is 10.2 Å². The van der Waals surface area contributed by atoms with Crippen molar-refractivity contribution in [1.82, 2.24) is 0 Å². The van der Waals surface area contributed by atoms with E-state index < -0.39 is 0 Å². The second-order valence-electron chi connectivity index (χ2n) is 6.39. The van der Waals surface area contributed by atoms with Crippen molar-refractivity contribution >= 4 is 23.2 Å². The first-order valence-electron chi connectivity index (χ1n) is 8.17. The van der Waals surface area contributed by atoms with Gasteiger partial charge in [-0.25, -0.2) is 4.39 Å². The molecule has 2 aromatic rings. The molecule has 0 aromatic heterocycles. The minimum absolute atomic E-state index is 0.0758. The zero-order valence-corrected chi connectivity index (χ0v) is 14.4. The summed E-state index contributed by atoms with van der Waals surface area (Å²) in [5, 5.41) is 3.52. The summed E-state index contributed by atoms with van der Waals surface area (Å²) >= 11 is 6.09. The maximum atomic E-state index is 13.9. The molecule has 5 heteroatoms. The van der Waals surface area contributed by atoms with Crippen molar-refractivity contribution < 1.29 is 14.1 Å². The lowest BCUT2D eigenvalue weighted by Gasteiger charge is -2.19. The zero-order valence-electron chi connectivity index (χ0n) is 13.6. The van der Waals surface area contributed by atoms with Crippen LogP contribution in [0.25, 0.3) is 0 Å². The first kappa shape index (κ1) is 16.9. The van der Waals surface area contributed by atoms with Gasteiger partial charge in [0.05, 0.1) is 6.04 Å². The third kappa shape index (κ3) is 4.34. The molecule has 0 bridgehead atoms. The molecule has 1 fully saturated rings. The van der Waals surface area contributed by atoms with Crippen LogP contribution in [0.15, 0.2) is 42.5 Å². The van der Waals surface area contributed by atoms with Gasteiger partial charge in [-0.3, -0.25) is 4.79 Å². The lowest BCUT2D eigenvalue weighted by molar-refractivity contribution is -0.917. The SMILES string of the molecule is Cc1ccc(NC(=O)C[NH+](Cc2ccccc2F)C2CC2)cc1Cl. The Morgan fingerprint density at radius 3 is 2.71 bits per heavy atom. The maximum Gasteiger partial charge on any atom is 0.279 e. The van der Waals surface area contributed by atoms with Crippen LogP contribution in [0.1, 0.15) is 24.0 Å². The third-order valence-electron chi connectivity index (χ3n) is 4.37. The Morgan fingerprint density at radius 2 is 2.04 bits per heavy atom. The smallest absolute Gasteiger partial charge is 0.279 e. The van der Waals surface area contributed by atoms with E-state index in [1.807, 2.05) is 25.1 Å². The molecule has 0 radical (unpaired) electrons. The number of carbonyl (C=O) groups excluding carboxylic acids is 1. The second kappa shape index (κ2) is 7.32. The first-order chi connectivity index (χ1) is 11.5. The Labute approximate surface area is 146 Å². The summed E-state index contributed by atoms with van der Waals surface area (Å²) in [6.45, 7) is 2.77. The summed E-state index contributed by atoms with van der Waals surface area (Å²) in [5.41, 5.74) is 2.32. The van der Waals surface area contributed by atoms with E-state index in [-0.39, 0.29) is 11.7 Å². The van der Waals surface area contributed by atoms with Crippen LogP contribution in [0.3, 0.4) is 0 Å². The van der Waals surface area contributed by atoms with Gasteiger partial charge in [0.2, 0.25) is 0 Å². The summed E-state index contributed by atoms with van der Waals surface area (Å²) in [5.74, 6) is -0.283. The first-order valence-corrected chi connectivity index (χ1v) is 8.54. The molecule has 1 atom stereocenters. The Bertz CT molecular complexity index is 746. The van der Waals surface area contributed by atoms with Crippen LogP contribution >= 0.6 is 11.6 Å². The van der Waals surface area contributed by atoms with Crippen molar-refractivity contribution in [3.05, 3.63) is 64.4 Å². The predicted molar refractivity (Wildman–Crippen MR) is 93.8 cm³/mol. The van der Waals surface area contributed by atoms with E-state index in [2.05, 4.69) is 5.32 Å². The second-order valence-corrected chi connectivity index (χ2v) is 6.80. The highest BCUT2D eigenvalue weighted by Crippen LogP contribution is 2.20. The van der Waals surface area contributed by atoms with Crippen molar-refractivity contribution in [2.24, 2.45) is 0 Å². The van der Waals surface area contributed by atoms with Gasteiger partial charge in [-0.1, -0.05) is 35.9 Å². The molecule has 3 nitrogen and oxygen atoms in total. The topological polar surface area (TPSA) is 33.5 Å². The van der Waals surface area contributed by atoms with Gasteiger partial charge in [0.15, 0.2) is 6.54 Å². The largest absolute Gasteiger partial charge is 0.321 e. The molecule has 2 N–H and O–H groups in total. The molecule has 126 valence electrons. The van der Waals surface area contributed by atoms with Gasteiger partial charge in [-0.15, -0.1) is 0 Å². The molecule has 24 heavy (non-hydrogen) atoms. The minimum atomic E-state index is -0.207.